The summed E-state index contributed by atoms with van der Waals surface area (Å²) in [5, 5.41) is 0. The molecule has 0 heterocycles. The number of allylic oxidation sites excluding steroid dienone is 4. The third-order valence-electron chi connectivity index (χ3n) is 10.1. The predicted octanol–water partition coefficient (Wildman–Crippen LogP) is 15.3. The fraction of sp³-hybridized carbons (Fsp3) is 0.0370. The van der Waals surface area contributed by atoms with Gasteiger partial charge in [0.1, 0.15) is 0 Å². The number of anilines is 6. The molecule has 270 valence electrons. The molecule has 0 aliphatic rings. The Morgan fingerprint density at radius 2 is 0.589 bits per heavy atom. The molecule has 2 nitrogen and oxygen atoms in total. The molecule has 0 aromatic heterocycles. The fourth-order valence-electron chi connectivity index (χ4n) is 7.12. The van der Waals surface area contributed by atoms with Crippen molar-refractivity contribution >= 4 is 34.1 Å². The van der Waals surface area contributed by atoms with Gasteiger partial charge in [0.25, 0.3) is 0 Å². The maximum absolute atomic E-state index is 2.33. The van der Waals surface area contributed by atoms with E-state index in [0.29, 0.717) is 0 Å². The van der Waals surface area contributed by atoms with E-state index in [-0.39, 0.29) is 0 Å². The van der Waals surface area contributed by atoms with Crippen LogP contribution in [0.25, 0.3) is 33.4 Å². The van der Waals surface area contributed by atoms with E-state index in [2.05, 4.69) is 240 Å². The molecule has 56 heavy (non-hydrogen) atoms. The van der Waals surface area contributed by atoms with Gasteiger partial charge in [0.2, 0.25) is 0 Å². The van der Waals surface area contributed by atoms with Crippen molar-refractivity contribution in [2.45, 2.75) is 13.3 Å². The quantitative estimate of drug-likeness (QED) is 0.116. The van der Waals surface area contributed by atoms with Crippen LogP contribution in [-0.2, 0) is 6.42 Å². The number of hydrogen-bond acceptors (Lipinski definition) is 2. The number of para-hydroxylation sites is 2. The molecule has 0 bridgehead atoms. The smallest absolute Gasteiger partial charge is 0.0462 e. The van der Waals surface area contributed by atoms with Crippen LogP contribution in [0.1, 0.15) is 12.5 Å². The SMILES string of the molecule is C/C=C\C=C/Cc1ccc(N(c2ccc(-c3ccccc3)cc2)c2ccc(-c3ccc(-c4ccc(N(c5ccccc5)c5ccccc5)cc4)cc3)cc2)cc1. The van der Waals surface area contributed by atoms with Gasteiger partial charge in [0.15, 0.2) is 0 Å². The van der Waals surface area contributed by atoms with Crippen molar-refractivity contribution < 1.29 is 0 Å². The highest BCUT2D eigenvalue weighted by Crippen LogP contribution is 2.38. The van der Waals surface area contributed by atoms with Crippen LogP contribution in [0.3, 0.4) is 0 Å². The maximum atomic E-state index is 2.33. The summed E-state index contributed by atoms with van der Waals surface area (Å²) < 4.78 is 0. The van der Waals surface area contributed by atoms with Gasteiger partial charge in [-0.15, -0.1) is 0 Å². The van der Waals surface area contributed by atoms with Crippen molar-refractivity contribution in [1.29, 1.82) is 0 Å². The van der Waals surface area contributed by atoms with Crippen LogP contribution in [0.15, 0.2) is 237 Å². The van der Waals surface area contributed by atoms with Gasteiger partial charge < -0.3 is 9.80 Å². The Hall–Kier alpha value is -7.16. The molecule has 0 atom stereocenters. The first-order valence-corrected chi connectivity index (χ1v) is 19.3. The van der Waals surface area contributed by atoms with Crippen molar-refractivity contribution in [2.75, 3.05) is 9.80 Å². The van der Waals surface area contributed by atoms with Crippen molar-refractivity contribution in [2.24, 2.45) is 0 Å². The van der Waals surface area contributed by atoms with Crippen LogP contribution < -0.4 is 9.80 Å². The molecule has 8 aromatic carbocycles. The highest BCUT2D eigenvalue weighted by molar-refractivity contribution is 5.81. The van der Waals surface area contributed by atoms with Crippen molar-refractivity contribution in [1.82, 2.24) is 0 Å². The third-order valence-corrected chi connectivity index (χ3v) is 10.1. The molecule has 0 aliphatic carbocycles. The molecule has 0 N–H and O–H groups in total. The first-order chi connectivity index (χ1) is 27.7. The van der Waals surface area contributed by atoms with Gasteiger partial charge in [0.05, 0.1) is 0 Å². The van der Waals surface area contributed by atoms with E-state index in [4.69, 9.17) is 0 Å². The highest BCUT2D eigenvalue weighted by Gasteiger charge is 2.15. The number of hydrogen-bond donors (Lipinski definition) is 0. The van der Waals surface area contributed by atoms with Crippen molar-refractivity contribution in [3.05, 3.63) is 242 Å². The zero-order valence-corrected chi connectivity index (χ0v) is 31.6. The molecule has 0 aliphatic heterocycles. The molecular weight excluding hydrogens is 677 g/mol. The Morgan fingerprint density at radius 3 is 0.946 bits per heavy atom. The molecule has 0 fully saturated rings. The van der Waals surface area contributed by atoms with E-state index in [1.165, 1.54) is 38.9 Å². The zero-order chi connectivity index (χ0) is 37.9. The molecule has 8 rings (SSSR count). The van der Waals surface area contributed by atoms with E-state index in [0.717, 1.165) is 40.5 Å². The second-order valence-electron chi connectivity index (χ2n) is 13.8. The normalized spacial score (nSPS) is 11.2. The monoisotopic (exact) mass is 720 g/mol. The van der Waals surface area contributed by atoms with E-state index in [1.54, 1.807) is 0 Å². The molecule has 2 heteroatoms. The average Bonchev–Trinajstić information content (AvgIpc) is 3.28. The van der Waals surface area contributed by atoms with Crippen LogP contribution in [-0.4, -0.2) is 0 Å². The minimum absolute atomic E-state index is 0.899. The summed E-state index contributed by atoms with van der Waals surface area (Å²) in [5.74, 6) is 0. The van der Waals surface area contributed by atoms with Crippen LogP contribution in [0.5, 0.6) is 0 Å². The van der Waals surface area contributed by atoms with E-state index >= 15 is 0 Å². The van der Waals surface area contributed by atoms with E-state index in [9.17, 15) is 0 Å². The van der Waals surface area contributed by atoms with Crippen LogP contribution in [0.4, 0.5) is 34.1 Å². The summed E-state index contributed by atoms with van der Waals surface area (Å²) in [5.41, 5.74) is 15.2. The van der Waals surface area contributed by atoms with Gasteiger partial charge in [-0.2, -0.15) is 0 Å². The summed E-state index contributed by atoms with van der Waals surface area (Å²) in [6.45, 7) is 2.04. The third kappa shape index (κ3) is 8.31. The van der Waals surface area contributed by atoms with Crippen molar-refractivity contribution in [3.63, 3.8) is 0 Å². The lowest BCUT2D eigenvalue weighted by molar-refractivity contribution is 1.24. The molecule has 8 aromatic rings. The Kier molecular flexibility index (Phi) is 11.1. The molecule has 0 saturated carbocycles. The maximum Gasteiger partial charge on any atom is 0.0462 e. The van der Waals surface area contributed by atoms with Gasteiger partial charge in [-0.1, -0.05) is 164 Å². The van der Waals surface area contributed by atoms with Crippen LogP contribution >= 0.6 is 0 Å². The Morgan fingerprint density at radius 1 is 0.304 bits per heavy atom. The second-order valence-corrected chi connectivity index (χ2v) is 13.8. The summed E-state index contributed by atoms with van der Waals surface area (Å²) in [4.78, 5) is 4.62. The van der Waals surface area contributed by atoms with Crippen LogP contribution in [0.2, 0.25) is 0 Å². The largest absolute Gasteiger partial charge is 0.311 e. The zero-order valence-electron chi connectivity index (χ0n) is 31.6. The first-order valence-electron chi connectivity index (χ1n) is 19.3. The Bertz CT molecular complexity index is 2450. The molecular formula is C54H44N2. The molecule has 0 amide bonds. The summed E-state index contributed by atoms with van der Waals surface area (Å²) in [7, 11) is 0. The number of rotatable bonds is 12. The molecule has 0 unspecified atom stereocenters. The highest BCUT2D eigenvalue weighted by atomic mass is 15.1. The minimum Gasteiger partial charge on any atom is -0.311 e. The molecule has 0 radical (unpaired) electrons. The fourth-order valence-corrected chi connectivity index (χ4v) is 7.12. The van der Waals surface area contributed by atoms with E-state index in [1.807, 2.05) is 13.0 Å². The van der Waals surface area contributed by atoms with Gasteiger partial charge in [0, 0.05) is 34.1 Å². The summed E-state index contributed by atoms with van der Waals surface area (Å²) in [6.07, 6.45) is 9.32. The van der Waals surface area contributed by atoms with E-state index < -0.39 is 0 Å². The molecule has 0 saturated heterocycles. The van der Waals surface area contributed by atoms with Crippen molar-refractivity contribution in [3.8, 4) is 33.4 Å². The molecule has 0 spiro atoms. The summed E-state index contributed by atoms with van der Waals surface area (Å²) in [6, 6.07) is 76.0. The Balaban J connectivity index is 1.03. The van der Waals surface area contributed by atoms with Crippen LogP contribution in [0, 0.1) is 0 Å². The second kappa shape index (κ2) is 17.3. The van der Waals surface area contributed by atoms with Gasteiger partial charge in [-0.25, -0.2) is 0 Å². The average molecular weight is 721 g/mol. The topological polar surface area (TPSA) is 6.48 Å². The summed E-state index contributed by atoms with van der Waals surface area (Å²) >= 11 is 0. The number of benzene rings is 8. The van der Waals surface area contributed by atoms with Gasteiger partial charge >= 0.3 is 0 Å². The lowest BCUT2D eigenvalue weighted by atomic mass is 9.99. The Labute approximate surface area is 331 Å². The van der Waals surface area contributed by atoms with Gasteiger partial charge in [-0.05, 0) is 125 Å². The lowest BCUT2D eigenvalue weighted by Gasteiger charge is -2.26. The minimum atomic E-state index is 0.899. The predicted molar refractivity (Wildman–Crippen MR) is 240 cm³/mol. The first kappa shape index (κ1) is 35.8. The standard InChI is InChI=1S/C54H44N2/c1-2-3-4-8-15-42-22-34-51(35-23-42)56(53-36-28-46(29-37-53)43-16-9-5-10-17-43)54-40-32-48(33-41-54)45-26-24-44(25-27-45)47-30-38-52(39-31-47)55(49-18-11-6-12-19-49)50-20-13-7-14-21-50/h2-14,16-41H,15H2,1H3/b3-2-,8-4-. The van der Waals surface area contributed by atoms with Gasteiger partial charge in [-0.3, -0.25) is 0 Å². The lowest BCUT2D eigenvalue weighted by Crippen LogP contribution is -2.10. The number of nitrogens with zero attached hydrogens (tertiary/aromatic N) is 2.